The molecule has 4 nitrogen and oxygen atoms in total. The summed E-state index contributed by atoms with van der Waals surface area (Å²) in [6.07, 6.45) is 1.68. The van der Waals surface area contributed by atoms with Gasteiger partial charge in [0.2, 0.25) is 0 Å². The molecule has 2 aromatic carbocycles. The molecule has 0 fully saturated rings. The van der Waals surface area contributed by atoms with E-state index in [1.54, 1.807) is 30.3 Å². The number of hydrogen-bond acceptors (Lipinski definition) is 5. The average molecular weight is 316 g/mol. The molecule has 0 bridgehead atoms. The fourth-order valence-corrected chi connectivity index (χ4v) is 2.30. The highest BCUT2D eigenvalue weighted by Crippen LogP contribution is 2.29. The molecular weight excluding hydrogens is 300 g/mol. The molecule has 0 heterocycles. The summed E-state index contributed by atoms with van der Waals surface area (Å²) in [5.41, 5.74) is 0.381. The number of rotatable bonds is 7. The van der Waals surface area contributed by atoms with E-state index in [1.807, 2.05) is 24.3 Å². The SMILES string of the molecule is C=CCOSc1cccc(Oc2ccccc2C(=O)OC)c1. The molecule has 0 amide bonds. The Labute approximate surface area is 133 Å². The number of benzene rings is 2. The third kappa shape index (κ3) is 4.38. The van der Waals surface area contributed by atoms with E-state index in [0.29, 0.717) is 23.7 Å². The van der Waals surface area contributed by atoms with Gasteiger partial charge in [0.05, 0.1) is 13.7 Å². The normalized spacial score (nSPS) is 10.0. The molecule has 0 aromatic heterocycles. The van der Waals surface area contributed by atoms with Gasteiger partial charge in [0.25, 0.3) is 0 Å². The van der Waals surface area contributed by atoms with Gasteiger partial charge < -0.3 is 13.7 Å². The van der Waals surface area contributed by atoms with Gasteiger partial charge in [-0.05, 0) is 30.3 Å². The van der Waals surface area contributed by atoms with Gasteiger partial charge in [-0.1, -0.05) is 24.3 Å². The van der Waals surface area contributed by atoms with Gasteiger partial charge in [0.1, 0.15) is 17.1 Å². The zero-order valence-corrected chi connectivity index (χ0v) is 13.0. The molecular formula is C17H16O4S. The topological polar surface area (TPSA) is 44.8 Å². The van der Waals surface area contributed by atoms with Crippen LogP contribution >= 0.6 is 12.0 Å². The Morgan fingerprint density at radius 3 is 2.82 bits per heavy atom. The van der Waals surface area contributed by atoms with Gasteiger partial charge in [-0.25, -0.2) is 4.79 Å². The molecule has 0 saturated carbocycles. The van der Waals surface area contributed by atoms with E-state index in [0.717, 1.165) is 4.90 Å². The molecule has 0 aliphatic carbocycles. The van der Waals surface area contributed by atoms with E-state index in [-0.39, 0.29) is 0 Å². The second-order valence-electron chi connectivity index (χ2n) is 4.22. The summed E-state index contributed by atoms with van der Waals surface area (Å²) in [5.74, 6) is 0.627. The number of methoxy groups -OCH3 is 1. The summed E-state index contributed by atoms with van der Waals surface area (Å²) in [6.45, 7) is 4.05. The lowest BCUT2D eigenvalue weighted by molar-refractivity contribution is 0.0598. The average Bonchev–Trinajstić information content (AvgIpc) is 2.55. The van der Waals surface area contributed by atoms with Gasteiger partial charge >= 0.3 is 5.97 Å². The predicted molar refractivity (Wildman–Crippen MR) is 86.3 cm³/mol. The highest BCUT2D eigenvalue weighted by molar-refractivity contribution is 7.94. The molecule has 0 spiro atoms. The van der Waals surface area contributed by atoms with Gasteiger partial charge in [-0.15, -0.1) is 6.58 Å². The van der Waals surface area contributed by atoms with Crippen molar-refractivity contribution in [3.05, 3.63) is 66.7 Å². The first kappa shape index (κ1) is 16.1. The zero-order valence-electron chi connectivity index (χ0n) is 12.2. The third-order valence-corrected chi connectivity index (χ3v) is 3.37. The maximum atomic E-state index is 11.7. The van der Waals surface area contributed by atoms with Gasteiger partial charge in [0.15, 0.2) is 0 Å². The Hall–Kier alpha value is -2.24. The number of esters is 1. The standard InChI is InChI=1S/C17H16O4S/c1-3-11-20-22-14-8-6-7-13(12-14)21-16-10-5-4-9-15(16)17(18)19-2/h3-10,12H,1,11H2,2H3. The first-order valence-electron chi connectivity index (χ1n) is 6.60. The van der Waals surface area contributed by atoms with Crippen LogP contribution in [0.15, 0.2) is 66.1 Å². The number of carbonyl (C=O) groups is 1. The van der Waals surface area contributed by atoms with Crippen LogP contribution in [0.1, 0.15) is 10.4 Å². The minimum absolute atomic E-state index is 0.381. The molecule has 0 aliphatic heterocycles. The fraction of sp³-hybridized carbons (Fsp3) is 0.118. The summed E-state index contributed by atoms with van der Waals surface area (Å²) in [6, 6.07) is 14.4. The van der Waals surface area contributed by atoms with Gasteiger partial charge in [0, 0.05) is 16.9 Å². The molecule has 2 aromatic rings. The lowest BCUT2D eigenvalue weighted by Crippen LogP contribution is -2.03. The Kier molecular flexibility index (Phi) is 6.06. The molecule has 5 heteroatoms. The quantitative estimate of drug-likeness (QED) is 0.326. The van der Waals surface area contributed by atoms with Crippen molar-refractivity contribution < 1.29 is 18.5 Å². The molecule has 2 rings (SSSR count). The summed E-state index contributed by atoms with van der Waals surface area (Å²) in [5, 5.41) is 0. The van der Waals surface area contributed by atoms with Crippen LogP contribution in [0.4, 0.5) is 0 Å². The molecule has 0 atom stereocenters. The first-order valence-corrected chi connectivity index (χ1v) is 7.34. The van der Waals surface area contributed by atoms with E-state index >= 15 is 0 Å². The van der Waals surface area contributed by atoms with Crippen molar-refractivity contribution in [2.75, 3.05) is 13.7 Å². The van der Waals surface area contributed by atoms with Crippen molar-refractivity contribution in [2.24, 2.45) is 0 Å². The van der Waals surface area contributed by atoms with Crippen molar-refractivity contribution in [3.63, 3.8) is 0 Å². The molecule has 114 valence electrons. The summed E-state index contributed by atoms with van der Waals surface area (Å²) >= 11 is 1.24. The molecule has 0 saturated heterocycles. The van der Waals surface area contributed by atoms with Crippen molar-refractivity contribution in [1.82, 2.24) is 0 Å². The van der Waals surface area contributed by atoms with E-state index in [1.165, 1.54) is 19.2 Å². The van der Waals surface area contributed by atoms with Crippen LogP contribution < -0.4 is 4.74 Å². The minimum atomic E-state index is -0.435. The summed E-state index contributed by atoms with van der Waals surface area (Å²) in [4.78, 5) is 12.6. The number of hydrogen-bond donors (Lipinski definition) is 0. The predicted octanol–water partition coefficient (Wildman–Crippen LogP) is 4.48. The second-order valence-corrected chi connectivity index (χ2v) is 5.09. The van der Waals surface area contributed by atoms with Crippen LogP contribution in [-0.2, 0) is 8.92 Å². The van der Waals surface area contributed by atoms with Gasteiger partial charge in [-0.3, -0.25) is 0 Å². The second kappa shape index (κ2) is 8.26. The van der Waals surface area contributed by atoms with Crippen LogP contribution in [0.5, 0.6) is 11.5 Å². The van der Waals surface area contributed by atoms with Crippen molar-refractivity contribution in [1.29, 1.82) is 0 Å². The lowest BCUT2D eigenvalue weighted by Gasteiger charge is -2.10. The van der Waals surface area contributed by atoms with E-state index < -0.39 is 5.97 Å². The fourth-order valence-electron chi connectivity index (χ4n) is 1.70. The third-order valence-electron chi connectivity index (χ3n) is 2.67. The van der Waals surface area contributed by atoms with Crippen molar-refractivity contribution in [2.45, 2.75) is 4.90 Å². The highest BCUT2D eigenvalue weighted by Gasteiger charge is 2.13. The Morgan fingerprint density at radius 2 is 2.05 bits per heavy atom. The molecule has 0 unspecified atom stereocenters. The van der Waals surface area contributed by atoms with Crippen molar-refractivity contribution in [3.8, 4) is 11.5 Å². The van der Waals surface area contributed by atoms with Crippen LogP contribution in [0.3, 0.4) is 0 Å². The summed E-state index contributed by atoms with van der Waals surface area (Å²) < 4.78 is 15.9. The van der Waals surface area contributed by atoms with Gasteiger partial charge in [-0.2, -0.15) is 0 Å². The van der Waals surface area contributed by atoms with E-state index in [9.17, 15) is 4.79 Å². The van der Waals surface area contributed by atoms with Crippen LogP contribution in [0.25, 0.3) is 0 Å². The first-order chi connectivity index (χ1) is 10.7. The van der Waals surface area contributed by atoms with E-state index in [2.05, 4.69) is 6.58 Å². The minimum Gasteiger partial charge on any atom is -0.465 e. The highest BCUT2D eigenvalue weighted by atomic mass is 32.2. The number of ether oxygens (including phenoxy) is 2. The van der Waals surface area contributed by atoms with E-state index in [4.69, 9.17) is 13.7 Å². The van der Waals surface area contributed by atoms with Crippen LogP contribution in [0.2, 0.25) is 0 Å². The molecule has 0 N–H and O–H groups in total. The zero-order chi connectivity index (χ0) is 15.8. The number of para-hydroxylation sites is 1. The smallest absolute Gasteiger partial charge is 0.341 e. The van der Waals surface area contributed by atoms with Crippen molar-refractivity contribution >= 4 is 18.0 Å². The number of carbonyl (C=O) groups excluding carboxylic acids is 1. The molecule has 22 heavy (non-hydrogen) atoms. The Balaban J connectivity index is 2.15. The maximum absolute atomic E-state index is 11.7. The maximum Gasteiger partial charge on any atom is 0.341 e. The summed E-state index contributed by atoms with van der Waals surface area (Å²) in [7, 11) is 1.34. The monoisotopic (exact) mass is 316 g/mol. The largest absolute Gasteiger partial charge is 0.465 e. The van der Waals surface area contributed by atoms with Crippen LogP contribution in [0, 0.1) is 0 Å². The molecule has 0 radical (unpaired) electrons. The Bertz CT molecular complexity index is 655. The Morgan fingerprint density at radius 1 is 1.23 bits per heavy atom. The lowest BCUT2D eigenvalue weighted by atomic mass is 10.2. The van der Waals surface area contributed by atoms with Crippen LogP contribution in [-0.4, -0.2) is 19.7 Å². The molecule has 0 aliphatic rings.